The minimum absolute atomic E-state index is 0.326. The molecule has 1 amide bonds. The fourth-order valence-corrected chi connectivity index (χ4v) is 2.43. The quantitative estimate of drug-likeness (QED) is 0.735. The molecule has 2 aromatic carbocycles. The summed E-state index contributed by atoms with van der Waals surface area (Å²) in [6.07, 6.45) is 0. The first-order valence-electron chi connectivity index (χ1n) is 6.03. The van der Waals surface area contributed by atoms with Crippen LogP contribution >= 0.6 is 34.2 Å². The summed E-state index contributed by atoms with van der Waals surface area (Å²) < 4.78 is 19.1. The summed E-state index contributed by atoms with van der Waals surface area (Å²) in [7, 11) is 1.49. The Morgan fingerprint density at radius 3 is 2.67 bits per heavy atom. The van der Waals surface area contributed by atoms with Crippen molar-refractivity contribution in [3.63, 3.8) is 0 Å². The van der Waals surface area contributed by atoms with Gasteiger partial charge in [0.15, 0.2) is 0 Å². The minimum Gasteiger partial charge on any atom is -0.496 e. The molecular formula is C15H12ClFINO2. The molecular weight excluding hydrogens is 408 g/mol. The zero-order valence-electron chi connectivity index (χ0n) is 11.3. The number of hydrogen-bond donors (Lipinski definition) is 1. The smallest absolute Gasteiger partial charge is 0.259 e. The van der Waals surface area contributed by atoms with E-state index >= 15 is 0 Å². The molecule has 0 fully saturated rings. The Bertz CT molecular complexity index is 706. The van der Waals surface area contributed by atoms with Crippen molar-refractivity contribution in [1.82, 2.24) is 0 Å². The molecule has 0 aliphatic heterocycles. The second-order valence-electron chi connectivity index (χ2n) is 4.38. The Labute approximate surface area is 140 Å². The highest BCUT2D eigenvalue weighted by molar-refractivity contribution is 14.1. The Balaban J connectivity index is 2.34. The maximum absolute atomic E-state index is 13.1. The number of benzene rings is 2. The van der Waals surface area contributed by atoms with E-state index in [1.54, 1.807) is 19.1 Å². The van der Waals surface area contributed by atoms with Crippen molar-refractivity contribution >= 4 is 45.8 Å². The third-order valence-corrected chi connectivity index (χ3v) is 4.45. The molecule has 2 aromatic rings. The highest BCUT2D eigenvalue weighted by Crippen LogP contribution is 2.29. The topological polar surface area (TPSA) is 38.3 Å². The predicted molar refractivity (Wildman–Crippen MR) is 89.8 cm³/mol. The molecule has 0 spiro atoms. The van der Waals surface area contributed by atoms with E-state index in [2.05, 4.69) is 27.9 Å². The first kappa shape index (κ1) is 16.0. The zero-order chi connectivity index (χ0) is 15.6. The Morgan fingerprint density at radius 2 is 2.05 bits per heavy atom. The van der Waals surface area contributed by atoms with Crippen molar-refractivity contribution in [3.05, 3.63) is 55.9 Å². The predicted octanol–water partition coefficient (Wildman–Crippen LogP) is 4.65. The summed E-state index contributed by atoms with van der Waals surface area (Å²) in [5.41, 5.74) is 1.50. The van der Waals surface area contributed by atoms with Crippen LogP contribution in [0.25, 0.3) is 0 Å². The van der Waals surface area contributed by atoms with Crippen LogP contribution in [0.15, 0.2) is 30.3 Å². The van der Waals surface area contributed by atoms with Crippen molar-refractivity contribution in [2.24, 2.45) is 0 Å². The second kappa shape index (κ2) is 6.62. The van der Waals surface area contributed by atoms with E-state index in [0.29, 0.717) is 27.6 Å². The molecule has 110 valence electrons. The highest BCUT2D eigenvalue weighted by Gasteiger charge is 2.16. The third kappa shape index (κ3) is 3.65. The monoisotopic (exact) mass is 419 g/mol. The molecule has 3 nitrogen and oxygen atoms in total. The van der Waals surface area contributed by atoms with E-state index in [4.69, 9.17) is 16.3 Å². The lowest BCUT2D eigenvalue weighted by molar-refractivity contribution is 0.102. The SMILES string of the molecule is COc1cc(I)c(Cl)cc1C(=O)Nc1ccc(F)cc1C. The molecule has 0 bridgehead atoms. The summed E-state index contributed by atoms with van der Waals surface area (Å²) >= 11 is 8.11. The number of nitrogens with one attached hydrogen (secondary N) is 1. The van der Waals surface area contributed by atoms with Gasteiger partial charge in [0, 0.05) is 9.26 Å². The summed E-state index contributed by atoms with van der Waals surface area (Å²) in [4.78, 5) is 12.3. The Morgan fingerprint density at radius 1 is 1.33 bits per heavy atom. The van der Waals surface area contributed by atoms with Crippen LogP contribution in [0.4, 0.5) is 10.1 Å². The molecule has 2 rings (SSSR count). The van der Waals surface area contributed by atoms with Crippen LogP contribution < -0.4 is 10.1 Å². The molecule has 21 heavy (non-hydrogen) atoms. The lowest BCUT2D eigenvalue weighted by atomic mass is 10.1. The van der Waals surface area contributed by atoms with Gasteiger partial charge >= 0.3 is 0 Å². The van der Waals surface area contributed by atoms with Crippen molar-refractivity contribution in [1.29, 1.82) is 0 Å². The molecule has 1 N–H and O–H groups in total. The summed E-state index contributed by atoms with van der Waals surface area (Å²) in [5, 5.41) is 3.20. The number of methoxy groups -OCH3 is 1. The fraction of sp³-hybridized carbons (Fsp3) is 0.133. The second-order valence-corrected chi connectivity index (χ2v) is 5.95. The van der Waals surface area contributed by atoms with Gasteiger partial charge in [0.05, 0.1) is 17.7 Å². The van der Waals surface area contributed by atoms with E-state index < -0.39 is 0 Å². The molecule has 0 unspecified atom stereocenters. The lowest BCUT2D eigenvalue weighted by Crippen LogP contribution is -2.14. The van der Waals surface area contributed by atoms with Gasteiger partial charge in [0.25, 0.3) is 5.91 Å². The van der Waals surface area contributed by atoms with Crippen molar-refractivity contribution < 1.29 is 13.9 Å². The lowest BCUT2D eigenvalue weighted by Gasteiger charge is -2.12. The first-order valence-corrected chi connectivity index (χ1v) is 7.48. The van der Waals surface area contributed by atoms with E-state index in [-0.39, 0.29) is 11.7 Å². The van der Waals surface area contributed by atoms with Crippen LogP contribution in [0.2, 0.25) is 5.02 Å². The molecule has 0 radical (unpaired) electrons. The Kier molecular flexibility index (Phi) is 5.05. The minimum atomic E-state index is -0.361. The first-order chi connectivity index (χ1) is 9.92. The number of anilines is 1. The summed E-state index contributed by atoms with van der Waals surface area (Å²) in [6, 6.07) is 7.41. The maximum atomic E-state index is 13.1. The van der Waals surface area contributed by atoms with Crippen LogP contribution in [-0.4, -0.2) is 13.0 Å². The fourth-order valence-electron chi connectivity index (χ4n) is 1.83. The van der Waals surface area contributed by atoms with E-state index in [1.807, 2.05) is 0 Å². The van der Waals surface area contributed by atoms with Crippen molar-refractivity contribution in [3.8, 4) is 5.75 Å². The van der Waals surface area contributed by atoms with Crippen molar-refractivity contribution in [2.45, 2.75) is 6.92 Å². The van der Waals surface area contributed by atoms with Gasteiger partial charge in [-0.15, -0.1) is 0 Å². The number of rotatable bonds is 3. The highest BCUT2D eigenvalue weighted by atomic mass is 127. The molecule has 0 saturated heterocycles. The number of ether oxygens (including phenoxy) is 1. The number of hydrogen-bond acceptors (Lipinski definition) is 2. The van der Waals surface area contributed by atoms with Gasteiger partial charge in [-0.2, -0.15) is 0 Å². The van der Waals surface area contributed by atoms with Gasteiger partial charge in [-0.3, -0.25) is 4.79 Å². The van der Waals surface area contributed by atoms with Crippen LogP contribution in [0.3, 0.4) is 0 Å². The number of carbonyl (C=O) groups excluding carboxylic acids is 1. The van der Waals surface area contributed by atoms with Crippen LogP contribution in [0.1, 0.15) is 15.9 Å². The van der Waals surface area contributed by atoms with Gasteiger partial charge < -0.3 is 10.1 Å². The molecule has 0 atom stereocenters. The molecule has 0 heterocycles. The van der Waals surface area contributed by atoms with Crippen LogP contribution in [0.5, 0.6) is 5.75 Å². The standard InChI is InChI=1S/C15H12ClFINO2/c1-8-5-9(17)3-4-13(8)19-15(20)10-6-11(16)12(18)7-14(10)21-2/h3-7H,1-2H3,(H,19,20). The van der Waals surface area contributed by atoms with E-state index in [9.17, 15) is 9.18 Å². The summed E-state index contributed by atoms with van der Waals surface area (Å²) in [5.74, 6) is -0.277. The Hall–Kier alpha value is -1.34. The van der Waals surface area contributed by atoms with E-state index in [1.165, 1.54) is 25.3 Å². The average molecular weight is 420 g/mol. The van der Waals surface area contributed by atoms with Gasteiger partial charge in [0.2, 0.25) is 0 Å². The maximum Gasteiger partial charge on any atom is 0.259 e. The van der Waals surface area contributed by atoms with Gasteiger partial charge in [-0.05, 0) is 65.4 Å². The van der Waals surface area contributed by atoms with Crippen molar-refractivity contribution in [2.75, 3.05) is 12.4 Å². The van der Waals surface area contributed by atoms with Gasteiger partial charge in [-0.1, -0.05) is 11.6 Å². The van der Waals surface area contributed by atoms with Gasteiger partial charge in [0.1, 0.15) is 11.6 Å². The number of aryl methyl sites for hydroxylation is 1. The molecule has 0 aliphatic carbocycles. The van der Waals surface area contributed by atoms with Crippen LogP contribution in [0, 0.1) is 16.3 Å². The normalized spacial score (nSPS) is 10.3. The van der Waals surface area contributed by atoms with E-state index in [0.717, 1.165) is 3.57 Å². The third-order valence-electron chi connectivity index (χ3n) is 2.92. The number of amides is 1. The molecule has 0 aliphatic rings. The molecule has 0 aromatic heterocycles. The average Bonchev–Trinajstić information content (AvgIpc) is 2.44. The zero-order valence-corrected chi connectivity index (χ0v) is 14.3. The molecule has 6 heteroatoms. The summed E-state index contributed by atoms with van der Waals surface area (Å²) in [6.45, 7) is 1.72. The largest absolute Gasteiger partial charge is 0.496 e. The van der Waals surface area contributed by atoms with Crippen LogP contribution in [-0.2, 0) is 0 Å². The number of carbonyl (C=O) groups is 1. The molecule has 0 saturated carbocycles. The van der Waals surface area contributed by atoms with Gasteiger partial charge in [-0.25, -0.2) is 4.39 Å². The number of halogens is 3.